The molecule has 0 radical (unpaired) electrons. The maximum Gasteiger partial charge on any atom is 0.351 e. The second kappa shape index (κ2) is 12.0. The fraction of sp³-hybridized carbons (Fsp3) is 0.345. The average Bonchev–Trinajstić information content (AvgIpc) is 2.93. The Labute approximate surface area is 213 Å². The van der Waals surface area contributed by atoms with E-state index in [9.17, 15) is 4.79 Å². The number of aryl methyl sites for hydroxylation is 1. The fourth-order valence-electron chi connectivity index (χ4n) is 4.70. The third-order valence-electron chi connectivity index (χ3n) is 6.77. The summed E-state index contributed by atoms with van der Waals surface area (Å²) < 4.78 is 21.9. The van der Waals surface area contributed by atoms with E-state index in [0.717, 1.165) is 41.3 Å². The van der Waals surface area contributed by atoms with Crippen LogP contribution in [-0.2, 0) is 9.47 Å². The summed E-state index contributed by atoms with van der Waals surface area (Å²) in [4.78, 5) is 16.4. The Balaban J connectivity index is 1.58. The van der Waals surface area contributed by atoms with Crippen molar-refractivity contribution in [1.82, 2.24) is 4.48 Å². The first-order chi connectivity index (χ1) is 17.6. The second-order valence-corrected chi connectivity index (χ2v) is 8.85. The van der Waals surface area contributed by atoms with Crippen molar-refractivity contribution < 1.29 is 23.7 Å². The molecule has 0 aromatic heterocycles. The van der Waals surface area contributed by atoms with E-state index >= 15 is 0 Å². The zero-order valence-electron chi connectivity index (χ0n) is 21.3. The first-order valence-corrected chi connectivity index (χ1v) is 12.2. The first-order valence-electron chi connectivity index (χ1n) is 12.2. The van der Waals surface area contributed by atoms with Crippen molar-refractivity contribution in [2.45, 2.75) is 6.92 Å². The number of ether oxygens (including phenoxy) is 4. The van der Waals surface area contributed by atoms with Gasteiger partial charge < -0.3 is 23.8 Å². The molecular formula is C29H35N2O5+. The molecule has 0 spiro atoms. The molecule has 0 aliphatic carbocycles. The number of hydrogen-bond donors (Lipinski definition) is 0. The highest BCUT2D eigenvalue weighted by Gasteiger charge is 2.44. The second-order valence-electron chi connectivity index (χ2n) is 8.85. The predicted octanol–water partition coefficient (Wildman–Crippen LogP) is 4.67. The Morgan fingerprint density at radius 3 is 2.28 bits per heavy atom. The number of benzene rings is 3. The van der Waals surface area contributed by atoms with Gasteiger partial charge in [0.1, 0.15) is 30.3 Å². The number of methoxy groups -OCH3 is 2. The van der Waals surface area contributed by atoms with Crippen molar-refractivity contribution in [3.05, 3.63) is 83.9 Å². The van der Waals surface area contributed by atoms with Gasteiger partial charge in [-0.25, -0.2) is 9.28 Å². The van der Waals surface area contributed by atoms with E-state index in [4.69, 9.17) is 18.9 Å². The molecule has 3 aromatic rings. The third-order valence-corrected chi connectivity index (χ3v) is 6.77. The van der Waals surface area contributed by atoms with E-state index in [2.05, 4.69) is 11.0 Å². The summed E-state index contributed by atoms with van der Waals surface area (Å²) in [5.41, 5.74) is 3.75. The van der Waals surface area contributed by atoms with Gasteiger partial charge >= 0.3 is 5.91 Å². The van der Waals surface area contributed by atoms with Gasteiger partial charge in [0.05, 0.1) is 44.7 Å². The minimum atomic E-state index is 0.115. The number of para-hydroxylation sites is 2. The highest BCUT2D eigenvalue weighted by molar-refractivity contribution is 6.03. The lowest BCUT2D eigenvalue weighted by atomic mass is 10.0. The van der Waals surface area contributed by atoms with Crippen LogP contribution < -0.4 is 18.9 Å². The number of carbonyl (C=O) groups excluding carboxylic acids is 1. The van der Waals surface area contributed by atoms with E-state index in [-0.39, 0.29) is 17.2 Å². The maximum atomic E-state index is 14.1. The number of anilines is 1. The molecule has 1 aliphatic rings. The molecule has 190 valence electrons. The smallest absolute Gasteiger partial charge is 0.351 e. The largest absolute Gasteiger partial charge is 0.495 e. The molecule has 1 saturated heterocycles. The number of quaternary nitrogens is 1. The van der Waals surface area contributed by atoms with Crippen LogP contribution in [0.15, 0.2) is 72.8 Å². The van der Waals surface area contributed by atoms with Gasteiger partial charge in [-0.2, -0.15) is 0 Å². The Bertz CT molecular complexity index is 1140. The Hall–Kier alpha value is -3.39. The first kappa shape index (κ1) is 25.7. The van der Waals surface area contributed by atoms with Crippen molar-refractivity contribution in [1.29, 1.82) is 0 Å². The number of hydrogen-bond acceptors (Lipinski definition) is 6. The van der Waals surface area contributed by atoms with Crippen molar-refractivity contribution >= 4 is 17.3 Å². The number of carbonyl (C=O) groups is 1. The van der Waals surface area contributed by atoms with Gasteiger partial charge in [-0.3, -0.25) is 0 Å². The number of rotatable bonds is 10. The summed E-state index contributed by atoms with van der Waals surface area (Å²) in [7, 11) is 3.33. The lowest BCUT2D eigenvalue weighted by Gasteiger charge is -2.43. The summed E-state index contributed by atoms with van der Waals surface area (Å²) in [5, 5.41) is 0. The van der Waals surface area contributed by atoms with Crippen LogP contribution in [0.5, 0.6) is 11.5 Å². The van der Waals surface area contributed by atoms with Crippen LogP contribution in [-0.4, -0.2) is 66.3 Å². The molecule has 0 bridgehead atoms. The number of amides is 1. The summed E-state index contributed by atoms with van der Waals surface area (Å²) in [5.74, 6) is 1.66. The third kappa shape index (κ3) is 5.54. The van der Waals surface area contributed by atoms with Crippen LogP contribution in [0.1, 0.15) is 15.9 Å². The lowest BCUT2D eigenvalue weighted by Crippen LogP contribution is -2.64. The van der Waals surface area contributed by atoms with E-state index in [1.807, 2.05) is 73.7 Å². The minimum absolute atomic E-state index is 0.115. The predicted molar refractivity (Wildman–Crippen MR) is 142 cm³/mol. The zero-order chi connectivity index (χ0) is 25.4. The van der Waals surface area contributed by atoms with E-state index < -0.39 is 0 Å². The molecule has 7 heteroatoms. The van der Waals surface area contributed by atoms with E-state index in [1.165, 1.54) is 0 Å². The van der Waals surface area contributed by atoms with Gasteiger partial charge in [0.2, 0.25) is 0 Å². The van der Waals surface area contributed by atoms with Gasteiger partial charge in [0, 0.05) is 19.2 Å². The molecule has 4 rings (SSSR count). The van der Waals surface area contributed by atoms with Crippen molar-refractivity contribution in [3.63, 3.8) is 0 Å². The van der Waals surface area contributed by atoms with Crippen molar-refractivity contribution in [2.24, 2.45) is 0 Å². The molecule has 0 saturated carbocycles. The minimum Gasteiger partial charge on any atom is -0.495 e. The van der Waals surface area contributed by atoms with E-state index in [1.54, 1.807) is 14.2 Å². The van der Waals surface area contributed by atoms with Gasteiger partial charge in [-0.05, 0) is 42.8 Å². The van der Waals surface area contributed by atoms with Crippen LogP contribution in [0.3, 0.4) is 0 Å². The van der Waals surface area contributed by atoms with Crippen LogP contribution in [0.4, 0.5) is 11.4 Å². The molecule has 1 aliphatic heterocycles. The fourth-order valence-corrected chi connectivity index (χ4v) is 4.70. The van der Waals surface area contributed by atoms with E-state index in [0.29, 0.717) is 32.1 Å². The van der Waals surface area contributed by atoms with Crippen molar-refractivity contribution in [3.8, 4) is 11.5 Å². The highest BCUT2D eigenvalue weighted by atomic mass is 16.7. The summed E-state index contributed by atoms with van der Waals surface area (Å²) >= 11 is 0. The van der Waals surface area contributed by atoms with Crippen LogP contribution in [0.25, 0.3) is 0 Å². The molecule has 0 N–H and O–H groups in total. The molecular weight excluding hydrogens is 456 g/mol. The Morgan fingerprint density at radius 2 is 1.58 bits per heavy atom. The lowest BCUT2D eigenvalue weighted by molar-refractivity contribution is -0.00848. The van der Waals surface area contributed by atoms with Gasteiger partial charge in [-0.1, -0.05) is 30.3 Å². The number of nitrogens with zero attached hydrogens (tertiary/aromatic N) is 2. The van der Waals surface area contributed by atoms with Gasteiger partial charge in [0.15, 0.2) is 6.79 Å². The highest BCUT2D eigenvalue weighted by Crippen LogP contribution is 2.34. The maximum absolute atomic E-state index is 14.1. The van der Waals surface area contributed by atoms with Crippen LogP contribution in [0.2, 0.25) is 0 Å². The Kier molecular flexibility index (Phi) is 8.59. The molecule has 36 heavy (non-hydrogen) atoms. The van der Waals surface area contributed by atoms with Gasteiger partial charge in [0.25, 0.3) is 0 Å². The molecule has 0 atom stereocenters. The molecule has 3 aromatic carbocycles. The standard InChI is InChI=1S/C29H35N2O5/c1-23-8-4-5-9-26(23)29(32)31(24-12-14-25(15-13-24)36-22-35-21-20-33-2)18-16-30(17-19-31)27-10-6-7-11-28(27)34-3/h4-15H,16-22H2,1-3H3/q+1. The monoisotopic (exact) mass is 491 g/mol. The molecule has 1 fully saturated rings. The Morgan fingerprint density at radius 1 is 0.889 bits per heavy atom. The van der Waals surface area contributed by atoms with Crippen LogP contribution >= 0.6 is 0 Å². The average molecular weight is 492 g/mol. The normalized spacial score (nSPS) is 14.9. The summed E-state index contributed by atoms with van der Waals surface area (Å²) in [6.07, 6.45) is 0. The van der Waals surface area contributed by atoms with Crippen molar-refractivity contribution in [2.75, 3.05) is 65.3 Å². The molecule has 0 unspecified atom stereocenters. The zero-order valence-corrected chi connectivity index (χ0v) is 21.3. The summed E-state index contributed by atoms with van der Waals surface area (Å²) in [6, 6.07) is 23.7. The van der Waals surface area contributed by atoms with Crippen LogP contribution in [0, 0.1) is 6.92 Å². The summed E-state index contributed by atoms with van der Waals surface area (Å²) in [6.45, 7) is 5.88. The number of piperazine rings is 1. The molecule has 7 nitrogen and oxygen atoms in total. The SMILES string of the molecule is COCCOCOc1ccc([N+]2(C(=O)c3ccccc3C)CCN(c3ccccc3OC)CC2)cc1. The van der Waals surface area contributed by atoms with Gasteiger partial charge in [-0.15, -0.1) is 0 Å². The topological polar surface area (TPSA) is 57.2 Å². The molecule has 1 heterocycles. The molecule has 1 amide bonds. The quantitative estimate of drug-likeness (QED) is 0.233.